The molecule has 41 heavy (non-hydrogen) atoms. The Morgan fingerprint density at radius 2 is 1.10 bits per heavy atom. The maximum Gasteiger partial charge on any atom is 0.161 e. The Bertz CT molecular complexity index is 2420. The van der Waals surface area contributed by atoms with E-state index in [9.17, 15) is 0 Å². The number of fused-ring (bicyclic) bond motifs is 8. The van der Waals surface area contributed by atoms with Crippen molar-refractivity contribution in [1.29, 1.82) is 0 Å². The third-order valence-electron chi connectivity index (χ3n) is 8.20. The van der Waals surface area contributed by atoms with Gasteiger partial charge in [-0.25, -0.2) is 0 Å². The van der Waals surface area contributed by atoms with E-state index in [0.717, 1.165) is 82.9 Å². The van der Waals surface area contributed by atoms with Gasteiger partial charge in [0.2, 0.25) is 0 Å². The van der Waals surface area contributed by atoms with Crippen LogP contribution in [0.4, 0.5) is 0 Å². The van der Waals surface area contributed by atoms with Crippen molar-refractivity contribution in [3.05, 3.63) is 140 Å². The third kappa shape index (κ3) is 3.20. The fraction of sp³-hybridized carbons (Fsp3) is 0. The summed E-state index contributed by atoms with van der Waals surface area (Å²) in [5.41, 5.74) is 11.5. The van der Waals surface area contributed by atoms with Crippen molar-refractivity contribution in [1.82, 2.24) is 4.57 Å². The molecule has 0 unspecified atom stereocenters. The fourth-order valence-corrected chi connectivity index (χ4v) is 6.43. The minimum atomic E-state index is 0.900. The maximum atomic E-state index is 6.78. The van der Waals surface area contributed by atoms with Crippen molar-refractivity contribution in [2.75, 3.05) is 0 Å². The Labute approximate surface area is 235 Å². The molecule has 9 rings (SSSR count). The van der Waals surface area contributed by atoms with Gasteiger partial charge in [-0.2, -0.15) is 0 Å². The molecule has 3 heteroatoms. The lowest BCUT2D eigenvalue weighted by Gasteiger charge is -2.09. The van der Waals surface area contributed by atoms with Crippen LogP contribution in [0.25, 0.3) is 82.9 Å². The van der Waals surface area contributed by atoms with Crippen LogP contribution in [0.5, 0.6) is 0 Å². The SMILES string of the molecule is c1ccc(-n2c3ccccc3c3oc4c(-c5cccc(-c6cccc7oc8ccccc8c67)c5)cccc4c32)cc1. The van der Waals surface area contributed by atoms with Gasteiger partial charge in [0, 0.05) is 32.8 Å². The minimum absolute atomic E-state index is 0.900. The van der Waals surface area contributed by atoms with E-state index in [2.05, 4.69) is 126 Å². The van der Waals surface area contributed by atoms with Crippen LogP contribution in [-0.2, 0) is 0 Å². The normalized spacial score (nSPS) is 11.9. The van der Waals surface area contributed by atoms with Gasteiger partial charge in [0.1, 0.15) is 22.3 Å². The van der Waals surface area contributed by atoms with E-state index < -0.39 is 0 Å². The molecule has 192 valence electrons. The quantitative estimate of drug-likeness (QED) is 0.230. The molecule has 6 aromatic carbocycles. The van der Waals surface area contributed by atoms with Gasteiger partial charge in [0.15, 0.2) is 5.58 Å². The average molecular weight is 526 g/mol. The molecule has 3 aromatic heterocycles. The predicted molar refractivity (Wildman–Crippen MR) is 169 cm³/mol. The van der Waals surface area contributed by atoms with Gasteiger partial charge in [-0.3, -0.25) is 0 Å². The van der Waals surface area contributed by atoms with Crippen molar-refractivity contribution in [2.24, 2.45) is 0 Å². The highest BCUT2D eigenvalue weighted by Crippen LogP contribution is 2.43. The fourth-order valence-electron chi connectivity index (χ4n) is 6.43. The first-order chi connectivity index (χ1) is 20.3. The monoisotopic (exact) mass is 525 g/mol. The van der Waals surface area contributed by atoms with E-state index in [0.29, 0.717) is 0 Å². The first-order valence-corrected chi connectivity index (χ1v) is 13.9. The summed E-state index contributed by atoms with van der Waals surface area (Å²) in [5.74, 6) is 0. The molecule has 0 spiro atoms. The van der Waals surface area contributed by atoms with Crippen LogP contribution in [0.3, 0.4) is 0 Å². The molecule has 9 aromatic rings. The van der Waals surface area contributed by atoms with Crippen molar-refractivity contribution in [3.63, 3.8) is 0 Å². The number of hydrogen-bond donors (Lipinski definition) is 0. The van der Waals surface area contributed by atoms with Crippen LogP contribution in [0.1, 0.15) is 0 Å². The zero-order valence-electron chi connectivity index (χ0n) is 22.0. The third-order valence-corrected chi connectivity index (χ3v) is 8.20. The summed E-state index contributed by atoms with van der Waals surface area (Å²) < 4.78 is 15.3. The van der Waals surface area contributed by atoms with E-state index in [1.54, 1.807) is 0 Å². The van der Waals surface area contributed by atoms with Gasteiger partial charge in [-0.1, -0.05) is 91.0 Å². The van der Waals surface area contributed by atoms with Crippen LogP contribution in [-0.4, -0.2) is 4.57 Å². The maximum absolute atomic E-state index is 6.78. The van der Waals surface area contributed by atoms with E-state index in [1.807, 2.05) is 18.2 Å². The zero-order valence-corrected chi connectivity index (χ0v) is 22.0. The van der Waals surface area contributed by atoms with E-state index >= 15 is 0 Å². The van der Waals surface area contributed by atoms with Gasteiger partial charge in [0.05, 0.1) is 5.52 Å². The summed E-state index contributed by atoms with van der Waals surface area (Å²) >= 11 is 0. The summed E-state index contributed by atoms with van der Waals surface area (Å²) in [6, 6.07) is 48.8. The summed E-state index contributed by atoms with van der Waals surface area (Å²) in [6.45, 7) is 0. The molecule has 0 aliphatic carbocycles. The molecule has 0 atom stereocenters. The van der Waals surface area contributed by atoms with Gasteiger partial charge in [-0.05, 0) is 65.2 Å². The Kier molecular flexibility index (Phi) is 4.61. The van der Waals surface area contributed by atoms with Gasteiger partial charge < -0.3 is 13.4 Å². The lowest BCUT2D eigenvalue weighted by molar-refractivity contribution is 0.669. The Morgan fingerprint density at radius 3 is 2.00 bits per heavy atom. The summed E-state index contributed by atoms with van der Waals surface area (Å²) in [6.07, 6.45) is 0. The largest absolute Gasteiger partial charge is 0.456 e. The minimum Gasteiger partial charge on any atom is -0.456 e. The molecule has 0 aliphatic rings. The lowest BCUT2D eigenvalue weighted by atomic mass is 9.95. The molecular formula is C38H23NO2. The Morgan fingerprint density at radius 1 is 0.439 bits per heavy atom. The standard InChI is InChI=1S/C38H23NO2/c1-2-13-26(14-3-1)39-32-20-6-4-15-29(32)38-36(39)31-19-9-18-28(37(31)41-38)25-12-8-11-24(23-25)27-17-10-22-34-35(27)30-16-5-7-21-33(30)40-34/h1-23H. The molecule has 0 saturated heterocycles. The molecule has 0 bridgehead atoms. The molecule has 3 heterocycles. The molecular weight excluding hydrogens is 502 g/mol. The number of benzene rings is 6. The van der Waals surface area contributed by atoms with Crippen molar-refractivity contribution in [2.45, 2.75) is 0 Å². The van der Waals surface area contributed by atoms with Crippen molar-refractivity contribution >= 4 is 54.9 Å². The smallest absolute Gasteiger partial charge is 0.161 e. The van der Waals surface area contributed by atoms with Crippen LogP contribution < -0.4 is 0 Å². The highest BCUT2D eigenvalue weighted by Gasteiger charge is 2.21. The first kappa shape index (κ1) is 22.3. The molecule has 0 N–H and O–H groups in total. The molecule has 0 aliphatic heterocycles. The number of para-hydroxylation sites is 4. The second kappa shape index (κ2) is 8.48. The number of rotatable bonds is 3. The second-order valence-electron chi connectivity index (χ2n) is 10.5. The summed E-state index contributed by atoms with van der Waals surface area (Å²) in [5, 5.41) is 4.49. The topological polar surface area (TPSA) is 31.2 Å². The number of hydrogen-bond acceptors (Lipinski definition) is 2. The summed E-state index contributed by atoms with van der Waals surface area (Å²) in [7, 11) is 0. The Hall–Kier alpha value is -5.54. The second-order valence-corrected chi connectivity index (χ2v) is 10.5. The zero-order chi connectivity index (χ0) is 26.9. The molecule has 0 radical (unpaired) electrons. The molecule has 3 nitrogen and oxygen atoms in total. The predicted octanol–water partition coefficient (Wildman–Crippen LogP) is 10.8. The molecule has 0 amide bonds. The number of nitrogens with zero attached hydrogens (tertiary/aromatic N) is 1. The van der Waals surface area contributed by atoms with E-state index in [4.69, 9.17) is 8.83 Å². The van der Waals surface area contributed by atoms with Crippen LogP contribution in [0.2, 0.25) is 0 Å². The number of furan rings is 2. The van der Waals surface area contributed by atoms with E-state index in [-0.39, 0.29) is 0 Å². The van der Waals surface area contributed by atoms with Crippen molar-refractivity contribution < 1.29 is 8.83 Å². The highest BCUT2D eigenvalue weighted by molar-refractivity contribution is 6.18. The average Bonchev–Trinajstić information content (AvgIpc) is 3.70. The van der Waals surface area contributed by atoms with Gasteiger partial charge >= 0.3 is 0 Å². The summed E-state index contributed by atoms with van der Waals surface area (Å²) in [4.78, 5) is 0. The van der Waals surface area contributed by atoms with E-state index in [1.165, 1.54) is 0 Å². The van der Waals surface area contributed by atoms with Crippen LogP contribution in [0, 0.1) is 0 Å². The number of aromatic nitrogens is 1. The molecule has 0 saturated carbocycles. The molecule has 0 fully saturated rings. The van der Waals surface area contributed by atoms with Crippen LogP contribution in [0.15, 0.2) is 148 Å². The van der Waals surface area contributed by atoms with Crippen LogP contribution >= 0.6 is 0 Å². The van der Waals surface area contributed by atoms with Gasteiger partial charge in [0.25, 0.3) is 0 Å². The first-order valence-electron chi connectivity index (χ1n) is 13.9. The lowest BCUT2D eigenvalue weighted by Crippen LogP contribution is -1.92. The van der Waals surface area contributed by atoms with Gasteiger partial charge in [-0.15, -0.1) is 0 Å². The highest BCUT2D eigenvalue weighted by atomic mass is 16.3. The van der Waals surface area contributed by atoms with Crippen molar-refractivity contribution in [3.8, 4) is 27.9 Å². The Balaban J connectivity index is 1.29.